The zero-order valence-electron chi connectivity index (χ0n) is 15.6. The summed E-state index contributed by atoms with van der Waals surface area (Å²) in [6, 6.07) is 13.2. The molecular weight excluding hydrogens is 368 g/mol. The van der Waals surface area contributed by atoms with Gasteiger partial charge in [-0.25, -0.2) is 13.1 Å². The Labute approximate surface area is 159 Å². The number of ether oxygens (including phenoxy) is 2. The lowest BCUT2D eigenvalue weighted by Crippen LogP contribution is -2.35. The summed E-state index contributed by atoms with van der Waals surface area (Å²) in [5.74, 6) is -0.223. The fraction of sp³-hybridized carbons (Fsp3) is 0.316. The summed E-state index contributed by atoms with van der Waals surface area (Å²) < 4.78 is 38.2. The van der Waals surface area contributed by atoms with Crippen LogP contribution in [0, 0.1) is 0 Å². The molecule has 0 spiro atoms. The first-order valence-electron chi connectivity index (χ1n) is 8.39. The predicted octanol–water partition coefficient (Wildman–Crippen LogP) is 1.94. The molecular formula is C19H24N2O5S. The summed E-state index contributed by atoms with van der Waals surface area (Å²) in [5.41, 5.74) is 1.04. The molecule has 0 saturated heterocycles. The number of methoxy groups -OCH3 is 2. The van der Waals surface area contributed by atoms with Gasteiger partial charge >= 0.3 is 0 Å². The van der Waals surface area contributed by atoms with Crippen molar-refractivity contribution in [2.45, 2.75) is 24.4 Å². The maximum Gasteiger partial charge on any atom is 0.251 e. The molecule has 1 atom stereocenters. The number of rotatable bonds is 9. The minimum Gasteiger partial charge on any atom is -0.495 e. The molecule has 8 heteroatoms. The molecule has 146 valence electrons. The highest BCUT2D eigenvalue weighted by Crippen LogP contribution is 2.25. The summed E-state index contributed by atoms with van der Waals surface area (Å²) in [7, 11) is -0.954. The second kappa shape index (κ2) is 9.50. The van der Waals surface area contributed by atoms with E-state index in [1.165, 1.54) is 25.3 Å². The van der Waals surface area contributed by atoms with Crippen molar-refractivity contribution in [1.82, 2.24) is 10.0 Å². The van der Waals surface area contributed by atoms with Gasteiger partial charge < -0.3 is 14.8 Å². The molecule has 2 N–H and O–H groups in total. The van der Waals surface area contributed by atoms with Gasteiger partial charge in [0.25, 0.3) is 5.91 Å². The van der Waals surface area contributed by atoms with Crippen LogP contribution in [0.25, 0.3) is 0 Å². The van der Waals surface area contributed by atoms with Gasteiger partial charge in [-0.1, -0.05) is 30.3 Å². The smallest absolute Gasteiger partial charge is 0.251 e. The van der Waals surface area contributed by atoms with Gasteiger partial charge in [-0.15, -0.1) is 0 Å². The lowest BCUT2D eigenvalue weighted by Gasteiger charge is -2.15. The molecule has 0 aliphatic rings. The molecule has 0 heterocycles. The van der Waals surface area contributed by atoms with Gasteiger partial charge in [0, 0.05) is 25.3 Å². The number of nitrogens with one attached hydrogen (secondary N) is 2. The Bertz CT molecular complexity index is 869. The van der Waals surface area contributed by atoms with Crippen molar-refractivity contribution < 1.29 is 22.7 Å². The van der Waals surface area contributed by atoms with Crippen molar-refractivity contribution in [2.75, 3.05) is 20.8 Å². The standard InChI is InChI=1S/C19H24N2O5S/c1-14(13-25-2)21-19(22)16-9-10-17(26-3)18(11-16)27(23,24)20-12-15-7-5-4-6-8-15/h4-11,14,20H,12-13H2,1-3H3,(H,21,22)/t14-/m0/s1. The van der Waals surface area contributed by atoms with E-state index >= 15 is 0 Å². The maximum absolute atomic E-state index is 12.7. The zero-order valence-corrected chi connectivity index (χ0v) is 16.4. The summed E-state index contributed by atoms with van der Waals surface area (Å²) >= 11 is 0. The monoisotopic (exact) mass is 392 g/mol. The Kier molecular flexibility index (Phi) is 7.35. The predicted molar refractivity (Wildman–Crippen MR) is 102 cm³/mol. The number of sulfonamides is 1. The highest BCUT2D eigenvalue weighted by molar-refractivity contribution is 7.89. The number of amides is 1. The van der Waals surface area contributed by atoms with Crippen molar-refractivity contribution in [2.24, 2.45) is 0 Å². The largest absolute Gasteiger partial charge is 0.495 e. The lowest BCUT2D eigenvalue weighted by molar-refractivity contribution is 0.0905. The fourth-order valence-electron chi connectivity index (χ4n) is 2.48. The number of carbonyl (C=O) groups is 1. The summed E-state index contributed by atoms with van der Waals surface area (Å²) in [6.07, 6.45) is 0. The third-order valence-corrected chi connectivity index (χ3v) is 5.24. The van der Waals surface area contributed by atoms with Gasteiger partial charge in [0.05, 0.1) is 13.7 Å². The van der Waals surface area contributed by atoms with E-state index in [1.54, 1.807) is 14.0 Å². The fourth-order valence-corrected chi connectivity index (χ4v) is 3.69. The van der Waals surface area contributed by atoms with Crippen molar-refractivity contribution in [3.8, 4) is 5.75 Å². The maximum atomic E-state index is 12.7. The Balaban J connectivity index is 2.24. The normalized spacial score (nSPS) is 12.4. The van der Waals surface area contributed by atoms with E-state index in [2.05, 4.69) is 10.0 Å². The molecule has 0 aliphatic carbocycles. The van der Waals surface area contributed by atoms with Crippen molar-refractivity contribution in [3.63, 3.8) is 0 Å². The van der Waals surface area contributed by atoms with Gasteiger partial charge in [-0.05, 0) is 30.7 Å². The van der Waals surface area contributed by atoms with Crippen molar-refractivity contribution in [1.29, 1.82) is 0 Å². The summed E-state index contributed by atoms with van der Waals surface area (Å²) in [6.45, 7) is 2.28. The summed E-state index contributed by atoms with van der Waals surface area (Å²) in [5, 5.41) is 2.75. The van der Waals surface area contributed by atoms with E-state index < -0.39 is 10.0 Å². The van der Waals surface area contributed by atoms with E-state index in [4.69, 9.17) is 9.47 Å². The number of carbonyl (C=O) groups excluding carboxylic acids is 1. The number of hydrogen-bond donors (Lipinski definition) is 2. The van der Waals surface area contributed by atoms with E-state index in [1.807, 2.05) is 30.3 Å². The molecule has 0 fully saturated rings. The molecule has 0 saturated carbocycles. The molecule has 2 aromatic carbocycles. The Morgan fingerprint density at radius 2 is 1.81 bits per heavy atom. The van der Waals surface area contributed by atoms with Crippen molar-refractivity contribution >= 4 is 15.9 Å². The van der Waals surface area contributed by atoms with Crippen LogP contribution in [0.15, 0.2) is 53.4 Å². The average Bonchev–Trinajstić information content (AvgIpc) is 2.67. The first-order chi connectivity index (χ1) is 12.9. The van der Waals surface area contributed by atoms with Gasteiger partial charge in [-0.2, -0.15) is 0 Å². The van der Waals surface area contributed by atoms with Crippen LogP contribution in [0.2, 0.25) is 0 Å². The number of benzene rings is 2. The minimum atomic E-state index is -3.88. The van der Waals surface area contributed by atoms with Crippen LogP contribution >= 0.6 is 0 Å². The summed E-state index contributed by atoms with van der Waals surface area (Å²) in [4.78, 5) is 12.3. The molecule has 0 aromatic heterocycles. The van der Waals surface area contributed by atoms with Crippen LogP contribution in [0.3, 0.4) is 0 Å². The number of hydrogen-bond acceptors (Lipinski definition) is 5. The van der Waals surface area contributed by atoms with Gasteiger partial charge in [0.15, 0.2) is 0 Å². The zero-order chi connectivity index (χ0) is 19.9. The van der Waals surface area contributed by atoms with Crippen LogP contribution in [-0.2, 0) is 21.3 Å². The first kappa shape index (κ1) is 20.9. The van der Waals surface area contributed by atoms with Crippen LogP contribution in [0.1, 0.15) is 22.8 Å². The van der Waals surface area contributed by atoms with Crippen molar-refractivity contribution in [3.05, 3.63) is 59.7 Å². The second-order valence-electron chi connectivity index (χ2n) is 6.01. The third-order valence-electron chi connectivity index (χ3n) is 3.82. The van der Waals surface area contributed by atoms with Crippen LogP contribution < -0.4 is 14.8 Å². The minimum absolute atomic E-state index is 0.0898. The Hall–Kier alpha value is -2.42. The molecule has 0 aliphatic heterocycles. The molecule has 2 aromatic rings. The molecule has 0 unspecified atom stereocenters. The molecule has 27 heavy (non-hydrogen) atoms. The Morgan fingerprint density at radius 3 is 2.44 bits per heavy atom. The van der Waals surface area contributed by atoms with E-state index in [0.29, 0.717) is 6.61 Å². The second-order valence-corrected chi connectivity index (χ2v) is 7.74. The van der Waals surface area contributed by atoms with Gasteiger partial charge in [-0.3, -0.25) is 4.79 Å². The molecule has 0 radical (unpaired) electrons. The third kappa shape index (κ3) is 5.78. The highest BCUT2D eigenvalue weighted by atomic mass is 32.2. The molecule has 0 bridgehead atoms. The van der Waals surface area contributed by atoms with Gasteiger partial charge in [0.2, 0.25) is 10.0 Å². The van der Waals surface area contributed by atoms with Crippen LogP contribution in [0.5, 0.6) is 5.75 Å². The molecule has 7 nitrogen and oxygen atoms in total. The average molecular weight is 392 g/mol. The highest BCUT2D eigenvalue weighted by Gasteiger charge is 2.22. The lowest BCUT2D eigenvalue weighted by atomic mass is 10.2. The van der Waals surface area contributed by atoms with Crippen LogP contribution in [0.4, 0.5) is 0 Å². The molecule has 2 rings (SSSR count). The molecule has 1 amide bonds. The topological polar surface area (TPSA) is 93.7 Å². The van der Waals surface area contributed by atoms with Crippen LogP contribution in [-0.4, -0.2) is 41.2 Å². The van der Waals surface area contributed by atoms with E-state index in [9.17, 15) is 13.2 Å². The van der Waals surface area contributed by atoms with E-state index in [0.717, 1.165) is 5.56 Å². The first-order valence-corrected chi connectivity index (χ1v) is 9.87. The SMILES string of the molecule is COC[C@H](C)NC(=O)c1ccc(OC)c(S(=O)(=O)NCc2ccccc2)c1. The van der Waals surface area contributed by atoms with Gasteiger partial charge in [0.1, 0.15) is 10.6 Å². The Morgan fingerprint density at radius 1 is 1.11 bits per heavy atom. The van der Waals surface area contributed by atoms with E-state index in [-0.39, 0.29) is 34.7 Å². The quantitative estimate of drug-likeness (QED) is 0.680.